The summed E-state index contributed by atoms with van der Waals surface area (Å²) < 4.78 is 38.4. The van der Waals surface area contributed by atoms with E-state index in [1.807, 2.05) is 12.1 Å². The van der Waals surface area contributed by atoms with Gasteiger partial charge in [-0.2, -0.15) is 4.31 Å². The van der Waals surface area contributed by atoms with Gasteiger partial charge in [0.25, 0.3) is 5.91 Å². The monoisotopic (exact) mass is 418 g/mol. The Morgan fingerprint density at radius 1 is 1.14 bits per heavy atom. The molecule has 8 heteroatoms. The lowest BCUT2D eigenvalue weighted by Gasteiger charge is -2.14. The van der Waals surface area contributed by atoms with Crippen molar-refractivity contribution in [3.05, 3.63) is 41.9 Å². The highest BCUT2D eigenvalue weighted by Crippen LogP contribution is 2.28. The molecule has 2 aromatic rings. The van der Waals surface area contributed by atoms with Gasteiger partial charge < -0.3 is 14.5 Å². The predicted molar refractivity (Wildman–Crippen MR) is 109 cm³/mol. The Balaban J connectivity index is 1.48. The summed E-state index contributed by atoms with van der Waals surface area (Å²) in [6, 6.07) is 8.53. The third-order valence-corrected chi connectivity index (χ3v) is 7.48. The number of hydrogen-bond donors (Lipinski definition) is 1. The van der Waals surface area contributed by atoms with Crippen LogP contribution in [0.3, 0.4) is 0 Å². The van der Waals surface area contributed by atoms with Crippen molar-refractivity contribution in [2.45, 2.75) is 56.4 Å². The van der Waals surface area contributed by atoms with Gasteiger partial charge in [-0.15, -0.1) is 0 Å². The summed E-state index contributed by atoms with van der Waals surface area (Å²) in [4.78, 5) is 12.7. The normalized spacial score (nSPS) is 18.2. The van der Waals surface area contributed by atoms with E-state index in [-0.39, 0.29) is 22.5 Å². The average Bonchev–Trinajstić information content (AvgIpc) is 3.44. The summed E-state index contributed by atoms with van der Waals surface area (Å²) in [7, 11) is -3.64. The van der Waals surface area contributed by atoms with Crippen LogP contribution in [0, 0.1) is 6.92 Å². The van der Waals surface area contributed by atoms with Crippen molar-refractivity contribution in [3.63, 3.8) is 0 Å². The Kier molecular flexibility index (Phi) is 5.65. The van der Waals surface area contributed by atoms with Gasteiger partial charge in [0, 0.05) is 30.9 Å². The first-order valence-electron chi connectivity index (χ1n) is 10.1. The zero-order chi connectivity index (χ0) is 20.4. The quantitative estimate of drug-likeness (QED) is 0.767. The maximum atomic E-state index is 12.8. The molecule has 2 aliphatic rings. The number of sulfonamides is 1. The molecule has 1 amide bonds. The molecule has 7 nitrogen and oxygen atoms in total. The molecule has 2 heterocycles. The van der Waals surface area contributed by atoms with Gasteiger partial charge in [-0.1, -0.05) is 6.07 Å². The van der Waals surface area contributed by atoms with E-state index in [1.54, 1.807) is 19.1 Å². The molecule has 0 spiro atoms. The van der Waals surface area contributed by atoms with Crippen molar-refractivity contribution in [2.75, 3.05) is 18.4 Å². The molecule has 0 unspecified atom stereocenters. The van der Waals surface area contributed by atoms with Crippen molar-refractivity contribution in [1.82, 2.24) is 4.31 Å². The van der Waals surface area contributed by atoms with Gasteiger partial charge in [0.05, 0.1) is 6.10 Å². The van der Waals surface area contributed by atoms with Gasteiger partial charge in [0.15, 0.2) is 5.76 Å². The lowest BCUT2D eigenvalue weighted by Crippen LogP contribution is -2.28. The van der Waals surface area contributed by atoms with Gasteiger partial charge in [-0.05, 0) is 57.6 Å². The number of anilines is 1. The molecule has 1 aliphatic heterocycles. The van der Waals surface area contributed by atoms with Crippen molar-refractivity contribution in [1.29, 1.82) is 0 Å². The Labute approximate surface area is 171 Å². The number of furan rings is 1. The largest absolute Gasteiger partial charge is 0.490 e. The molecule has 0 atom stereocenters. The summed E-state index contributed by atoms with van der Waals surface area (Å²) in [5.41, 5.74) is 0.573. The fourth-order valence-electron chi connectivity index (χ4n) is 3.94. The van der Waals surface area contributed by atoms with Crippen molar-refractivity contribution < 1.29 is 22.4 Å². The minimum atomic E-state index is -3.64. The zero-order valence-electron chi connectivity index (χ0n) is 16.5. The van der Waals surface area contributed by atoms with Crippen molar-refractivity contribution in [3.8, 4) is 5.75 Å². The van der Waals surface area contributed by atoms with Gasteiger partial charge in [0.1, 0.15) is 16.4 Å². The van der Waals surface area contributed by atoms with Gasteiger partial charge >= 0.3 is 0 Å². The third-order valence-electron chi connectivity index (χ3n) is 5.48. The van der Waals surface area contributed by atoms with E-state index in [4.69, 9.17) is 9.15 Å². The van der Waals surface area contributed by atoms with Crippen LogP contribution in [-0.2, 0) is 10.0 Å². The molecule has 29 heavy (non-hydrogen) atoms. The number of carbonyl (C=O) groups excluding carboxylic acids is 1. The molecular formula is C21H26N2O5S. The molecule has 1 aromatic carbocycles. The lowest BCUT2D eigenvalue weighted by atomic mass is 10.2. The van der Waals surface area contributed by atoms with Gasteiger partial charge in [-0.25, -0.2) is 8.42 Å². The van der Waals surface area contributed by atoms with E-state index < -0.39 is 15.9 Å². The predicted octanol–water partition coefficient (Wildman–Crippen LogP) is 3.95. The van der Waals surface area contributed by atoms with Crippen LogP contribution in [-0.4, -0.2) is 37.8 Å². The third kappa shape index (κ3) is 4.33. The number of amides is 1. The fourth-order valence-corrected chi connectivity index (χ4v) is 5.62. The Morgan fingerprint density at radius 3 is 2.59 bits per heavy atom. The fraction of sp³-hybridized carbons (Fsp3) is 0.476. The highest BCUT2D eigenvalue weighted by molar-refractivity contribution is 7.89. The number of benzene rings is 1. The van der Waals surface area contributed by atoms with Gasteiger partial charge in [0.2, 0.25) is 10.0 Å². The highest BCUT2D eigenvalue weighted by atomic mass is 32.2. The standard InChI is InChI=1S/C21H26N2O5S/c1-15-20(29(25,26)23-11-4-5-12-23)14-19(27-15)21(24)22-16-7-6-10-18(13-16)28-17-8-2-3-9-17/h6-7,10,13-14,17H,2-5,8-9,11-12H2,1H3,(H,22,24). The molecule has 1 N–H and O–H groups in total. The van der Waals surface area contributed by atoms with E-state index in [0.29, 0.717) is 24.5 Å². The summed E-state index contributed by atoms with van der Waals surface area (Å²) in [6.45, 7) is 2.57. The molecule has 156 valence electrons. The number of nitrogens with one attached hydrogen (secondary N) is 1. The minimum absolute atomic E-state index is 0.0256. The number of nitrogens with zero attached hydrogens (tertiary/aromatic N) is 1. The topological polar surface area (TPSA) is 88.8 Å². The maximum absolute atomic E-state index is 12.8. The number of ether oxygens (including phenoxy) is 1. The smallest absolute Gasteiger partial charge is 0.291 e. The molecule has 1 aliphatic carbocycles. The van der Waals surface area contributed by atoms with Crippen molar-refractivity contribution in [2.24, 2.45) is 0 Å². The van der Waals surface area contributed by atoms with Crippen LogP contribution in [0.1, 0.15) is 54.8 Å². The molecular weight excluding hydrogens is 392 g/mol. The number of carbonyl (C=O) groups is 1. The molecule has 1 aromatic heterocycles. The van der Waals surface area contributed by atoms with Crippen LogP contribution in [0.4, 0.5) is 5.69 Å². The van der Waals surface area contributed by atoms with Crippen LogP contribution < -0.4 is 10.1 Å². The van der Waals surface area contributed by atoms with Crippen LogP contribution in [0.2, 0.25) is 0 Å². The first-order valence-corrected chi connectivity index (χ1v) is 11.6. The second-order valence-electron chi connectivity index (χ2n) is 7.65. The first-order chi connectivity index (χ1) is 13.9. The van der Waals surface area contributed by atoms with E-state index in [0.717, 1.165) is 25.7 Å². The van der Waals surface area contributed by atoms with E-state index in [9.17, 15) is 13.2 Å². The van der Waals surface area contributed by atoms with E-state index >= 15 is 0 Å². The van der Waals surface area contributed by atoms with Crippen LogP contribution in [0.25, 0.3) is 0 Å². The SMILES string of the molecule is Cc1oc(C(=O)Nc2cccc(OC3CCCC3)c2)cc1S(=O)(=O)N1CCCC1. The second kappa shape index (κ2) is 8.20. The Bertz CT molecular complexity index is 986. The first kappa shape index (κ1) is 20.0. The lowest BCUT2D eigenvalue weighted by molar-refractivity contribution is 0.0995. The average molecular weight is 419 g/mol. The highest BCUT2D eigenvalue weighted by Gasteiger charge is 2.31. The second-order valence-corrected chi connectivity index (χ2v) is 9.55. The molecule has 2 fully saturated rings. The summed E-state index contributed by atoms with van der Waals surface area (Å²) >= 11 is 0. The van der Waals surface area contributed by atoms with Crippen LogP contribution in [0.5, 0.6) is 5.75 Å². The van der Waals surface area contributed by atoms with Gasteiger partial charge in [-0.3, -0.25) is 4.79 Å². The molecule has 0 bridgehead atoms. The molecule has 1 saturated carbocycles. The summed E-state index contributed by atoms with van der Waals surface area (Å²) in [5.74, 6) is 0.416. The Morgan fingerprint density at radius 2 is 1.86 bits per heavy atom. The molecule has 0 radical (unpaired) electrons. The molecule has 4 rings (SSSR count). The zero-order valence-corrected chi connectivity index (χ0v) is 17.3. The number of hydrogen-bond acceptors (Lipinski definition) is 5. The van der Waals surface area contributed by atoms with Crippen LogP contribution >= 0.6 is 0 Å². The molecule has 1 saturated heterocycles. The summed E-state index contributed by atoms with van der Waals surface area (Å²) in [5, 5.41) is 2.76. The summed E-state index contributed by atoms with van der Waals surface area (Å²) in [6.07, 6.45) is 6.40. The number of aryl methyl sites for hydroxylation is 1. The minimum Gasteiger partial charge on any atom is -0.490 e. The maximum Gasteiger partial charge on any atom is 0.291 e. The van der Waals surface area contributed by atoms with Crippen molar-refractivity contribution >= 4 is 21.6 Å². The van der Waals surface area contributed by atoms with E-state index in [2.05, 4.69) is 5.32 Å². The number of rotatable bonds is 6. The van der Waals surface area contributed by atoms with E-state index in [1.165, 1.54) is 23.2 Å². The Hall–Kier alpha value is -2.32. The van der Waals surface area contributed by atoms with Crippen LogP contribution in [0.15, 0.2) is 39.6 Å².